The van der Waals surface area contributed by atoms with Gasteiger partial charge < -0.3 is 4.98 Å². The quantitative estimate of drug-likeness (QED) is 0.720. The first-order chi connectivity index (χ1) is 9.24. The van der Waals surface area contributed by atoms with Gasteiger partial charge in [0.1, 0.15) is 0 Å². The molecule has 3 aromatic rings. The topological polar surface area (TPSA) is 78.6 Å². The Morgan fingerprint density at radius 1 is 1.05 bits per heavy atom. The number of hydrogen-bond acceptors (Lipinski definition) is 3. The molecule has 0 aliphatic carbocycles. The molecule has 0 bridgehead atoms. The molecule has 0 saturated heterocycles. The van der Waals surface area contributed by atoms with Gasteiger partial charge in [0.25, 0.3) is 5.56 Å². The molecular weight excluding hydrogens is 242 g/mol. The highest BCUT2D eigenvalue weighted by molar-refractivity contribution is 5.83. The number of hydrogen-bond donors (Lipinski definition) is 2. The maximum Gasteiger partial charge on any atom is 0.272 e. The SMILES string of the molecule is O=c1cc(Cc2n[nH]c(=O)c3ccccc23)cc[nH]1. The second-order valence-electron chi connectivity index (χ2n) is 4.28. The summed E-state index contributed by atoms with van der Waals surface area (Å²) in [6, 6.07) is 10.7. The smallest absolute Gasteiger partial charge is 0.272 e. The predicted octanol–water partition coefficient (Wildman–Crippen LogP) is 1.20. The summed E-state index contributed by atoms with van der Waals surface area (Å²) in [5.41, 5.74) is 1.26. The first-order valence-electron chi connectivity index (χ1n) is 5.88. The number of rotatable bonds is 2. The van der Waals surface area contributed by atoms with E-state index in [4.69, 9.17) is 0 Å². The maximum atomic E-state index is 11.7. The van der Waals surface area contributed by atoms with Crippen LogP contribution in [0.1, 0.15) is 11.3 Å². The van der Waals surface area contributed by atoms with E-state index in [9.17, 15) is 9.59 Å². The van der Waals surface area contributed by atoms with Gasteiger partial charge in [-0.15, -0.1) is 0 Å². The fourth-order valence-corrected chi connectivity index (χ4v) is 2.10. The molecule has 0 amide bonds. The summed E-state index contributed by atoms with van der Waals surface area (Å²) in [6.07, 6.45) is 2.10. The number of benzene rings is 1. The fourth-order valence-electron chi connectivity index (χ4n) is 2.10. The van der Waals surface area contributed by atoms with Crippen LogP contribution < -0.4 is 11.1 Å². The van der Waals surface area contributed by atoms with Gasteiger partial charge in [0, 0.05) is 24.1 Å². The van der Waals surface area contributed by atoms with E-state index in [1.165, 1.54) is 6.07 Å². The Labute approximate surface area is 107 Å². The van der Waals surface area contributed by atoms with E-state index >= 15 is 0 Å². The molecule has 0 atom stereocenters. The Bertz CT molecular complexity index is 849. The molecule has 2 aromatic heterocycles. The van der Waals surface area contributed by atoms with Crippen LogP contribution in [0.2, 0.25) is 0 Å². The van der Waals surface area contributed by atoms with Crippen molar-refractivity contribution in [2.24, 2.45) is 0 Å². The standard InChI is InChI=1S/C14H11N3O2/c18-13-8-9(5-6-15-13)7-12-10-3-1-2-4-11(10)14(19)17-16-12/h1-6,8H,7H2,(H,15,18)(H,17,19). The van der Waals surface area contributed by atoms with Crippen LogP contribution in [0.5, 0.6) is 0 Å². The van der Waals surface area contributed by atoms with Crippen molar-refractivity contribution in [1.29, 1.82) is 0 Å². The molecule has 1 aromatic carbocycles. The van der Waals surface area contributed by atoms with Crippen molar-refractivity contribution in [2.75, 3.05) is 0 Å². The van der Waals surface area contributed by atoms with E-state index in [2.05, 4.69) is 15.2 Å². The van der Waals surface area contributed by atoms with E-state index in [0.717, 1.165) is 16.6 Å². The monoisotopic (exact) mass is 253 g/mol. The lowest BCUT2D eigenvalue weighted by atomic mass is 10.1. The molecule has 3 rings (SSSR count). The fraction of sp³-hybridized carbons (Fsp3) is 0.0714. The molecule has 5 nitrogen and oxygen atoms in total. The zero-order valence-electron chi connectivity index (χ0n) is 10.0. The number of pyridine rings is 1. The molecule has 0 aliphatic heterocycles. The third-order valence-electron chi connectivity index (χ3n) is 2.99. The second-order valence-corrected chi connectivity index (χ2v) is 4.28. The summed E-state index contributed by atoms with van der Waals surface area (Å²) in [6.45, 7) is 0. The molecule has 0 unspecified atom stereocenters. The first-order valence-corrected chi connectivity index (χ1v) is 5.88. The highest BCUT2D eigenvalue weighted by Gasteiger charge is 2.06. The minimum Gasteiger partial charge on any atom is -0.329 e. The van der Waals surface area contributed by atoms with Gasteiger partial charge in [-0.05, 0) is 17.7 Å². The second kappa shape index (κ2) is 4.53. The largest absolute Gasteiger partial charge is 0.329 e. The lowest BCUT2D eigenvalue weighted by Gasteiger charge is -2.04. The van der Waals surface area contributed by atoms with Gasteiger partial charge in [0.2, 0.25) is 5.56 Å². The van der Waals surface area contributed by atoms with Gasteiger partial charge in [0.15, 0.2) is 0 Å². The number of aromatic amines is 2. The number of fused-ring (bicyclic) bond motifs is 1. The highest BCUT2D eigenvalue weighted by atomic mass is 16.1. The van der Waals surface area contributed by atoms with Crippen LogP contribution >= 0.6 is 0 Å². The Morgan fingerprint density at radius 2 is 1.84 bits per heavy atom. The lowest BCUT2D eigenvalue weighted by Crippen LogP contribution is -2.12. The Hall–Kier alpha value is -2.69. The number of aromatic nitrogens is 3. The molecule has 0 fully saturated rings. The molecule has 94 valence electrons. The molecule has 0 spiro atoms. The number of nitrogens with one attached hydrogen (secondary N) is 2. The van der Waals surface area contributed by atoms with E-state index in [1.807, 2.05) is 24.3 Å². The third-order valence-corrected chi connectivity index (χ3v) is 2.99. The first kappa shape index (κ1) is 11.4. The summed E-state index contributed by atoms with van der Waals surface area (Å²) in [5, 5.41) is 7.99. The minimum atomic E-state index is -0.203. The van der Waals surface area contributed by atoms with E-state index in [0.29, 0.717) is 11.8 Å². The van der Waals surface area contributed by atoms with E-state index in [1.54, 1.807) is 12.3 Å². The van der Waals surface area contributed by atoms with Gasteiger partial charge in [0.05, 0.1) is 11.1 Å². The summed E-state index contributed by atoms with van der Waals surface area (Å²) in [7, 11) is 0. The normalized spacial score (nSPS) is 10.7. The molecule has 2 heterocycles. The van der Waals surface area contributed by atoms with E-state index < -0.39 is 0 Å². The predicted molar refractivity (Wildman–Crippen MR) is 72.2 cm³/mol. The van der Waals surface area contributed by atoms with Crippen molar-refractivity contribution in [3.05, 3.63) is 74.6 Å². The Balaban J connectivity index is 2.14. The van der Waals surface area contributed by atoms with Crippen molar-refractivity contribution in [3.63, 3.8) is 0 Å². The van der Waals surface area contributed by atoms with Crippen LogP contribution in [0.15, 0.2) is 52.2 Å². The minimum absolute atomic E-state index is 0.147. The average Bonchev–Trinajstić information content (AvgIpc) is 2.42. The van der Waals surface area contributed by atoms with Crippen molar-refractivity contribution >= 4 is 10.8 Å². The molecule has 2 N–H and O–H groups in total. The molecule has 5 heteroatoms. The number of H-pyrrole nitrogens is 2. The molecule has 0 radical (unpaired) electrons. The average molecular weight is 253 g/mol. The maximum absolute atomic E-state index is 11.7. The van der Waals surface area contributed by atoms with Crippen LogP contribution in [0.4, 0.5) is 0 Å². The molecular formula is C14H11N3O2. The zero-order chi connectivity index (χ0) is 13.2. The summed E-state index contributed by atoms with van der Waals surface area (Å²) in [5.74, 6) is 0. The van der Waals surface area contributed by atoms with Crippen molar-refractivity contribution < 1.29 is 0 Å². The Kier molecular flexibility index (Phi) is 2.72. The molecule has 0 aliphatic rings. The summed E-state index contributed by atoms with van der Waals surface area (Å²) < 4.78 is 0. The van der Waals surface area contributed by atoms with Gasteiger partial charge in [-0.2, -0.15) is 5.10 Å². The highest BCUT2D eigenvalue weighted by Crippen LogP contribution is 2.15. The van der Waals surface area contributed by atoms with Gasteiger partial charge in [-0.3, -0.25) is 9.59 Å². The van der Waals surface area contributed by atoms with E-state index in [-0.39, 0.29) is 11.1 Å². The van der Waals surface area contributed by atoms with Crippen molar-refractivity contribution in [1.82, 2.24) is 15.2 Å². The van der Waals surface area contributed by atoms with Gasteiger partial charge >= 0.3 is 0 Å². The van der Waals surface area contributed by atoms with Crippen LogP contribution in [-0.4, -0.2) is 15.2 Å². The van der Waals surface area contributed by atoms with Crippen molar-refractivity contribution in [2.45, 2.75) is 6.42 Å². The summed E-state index contributed by atoms with van der Waals surface area (Å²) in [4.78, 5) is 25.5. The zero-order valence-corrected chi connectivity index (χ0v) is 10.0. The molecule has 0 saturated carbocycles. The van der Waals surface area contributed by atoms with Crippen LogP contribution in [0, 0.1) is 0 Å². The third kappa shape index (κ3) is 2.18. The van der Waals surface area contributed by atoms with Crippen LogP contribution in [0.25, 0.3) is 10.8 Å². The van der Waals surface area contributed by atoms with Crippen molar-refractivity contribution in [3.8, 4) is 0 Å². The van der Waals surface area contributed by atoms with Crippen LogP contribution in [0.3, 0.4) is 0 Å². The lowest BCUT2D eigenvalue weighted by molar-refractivity contribution is 0.931. The molecule has 19 heavy (non-hydrogen) atoms. The Morgan fingerprint density at radius 3 is 2.63 bits per heavy atom. The number of nitrogens with zero attached hydrogens (tertiary/aromatic N) is 1. The van der Waals surface area contributed by atoms with Crippen LogP contribution in [-0.2, 0) is 6.42 Å². The summed E-state index contributed by atoms with van der Waals surface area (Å²) >= 11 is 0. The van der Waals surface area contributed by atoms with Gasteiger partial charge in [-0.25, -0.2) is 5.10 Å². The van der Waals surface area contributed by atoms with Gasteiger partial charge in [-0.1, -0.05) is 18.2 Å².